The van der Waals surface area contributed by atoms with Crippen LogP contribution in [-0.4, -0.2) is 14.3 Å². The Balaban J connectivity index is 3.13. The zero-order valence-electron chi connectivity index (χ0n) is 8.79. The molecule has 16 heavy (non-hydrogen) atoms. The number of anilines is 1. The molecule has 5 nitrogen and oxygen atoms in total. The predicted octanol–water partition coefficient (Wildman–Crippen LogP) is 0.891. The minimum atomic E-state index is -3.74. The summed E-state index contributed by atoms with van der Waals surface area (Å²) >= 11 is 0. The Bertz CT molecular complexity index is 516. The van der Waals surface area contributed by atoms with Crippen LogP contribution < -0.4 is 11.5 Å². The summed E-state index contributed by atoms with van der Waals surface area (Å²) < 4.78 is 26.8. The molecular weight excluding hydrogens is 226 g/mol. The van der Waals surface area contributed by atoms with Crippen LogP contribution in [0.4, 0.5) is 5.69 Å². The van der Waals surface area contributed by atoms with Gasteiger partial charge in [0.2, 0.25) is 0 Å². The van der Waals surface area contributed by atoms with Crippen LogP contribution in [0.1, 0.15) is 6.92 Å². The topological polar surface area (TPSA) is 98.5 Å². The van der Waals surface area contributed by atoms with Crippen molar-refractivity contribution in [3.05, 3.63) is 36.4 Å². The maximum Gasteiger partial charge on any atom is 0.284 e. The van der Waals surface area contributed by atoms with Gasteiger partial charge in [-0.15, -0.1) is 4.40 Å². The van der Waals surface area contributed by atoms with Crippen LogP contribution in [0.3, 0.4) is 0 Å². The molecule has 1 rings (SSSR count). The highest BCUT2D eigenvalue weighted by Gasteiger charge is 2.12. The highest BCUT2D eigenvalue weighted by atomic mass is 32.2. The van der Waals surface area contributed by atoms with Crippen LogP contribution in [0.5, 0.6) is 0 Å². The first-order chi connectivity index (χ1) is 7.45. The van der Waals surface area contributed by atoms with Gasteiger partial charge in [0.05, 0.1) is 4.90 Å². The Hall–Kier alpha value is -1.82. The Morgan fingerprint density at radius 3 is 2.38 bits per heavy atom. The maximum absolute atomic E-state index is 11.7. The fourth-order valence-electron chi connectivity index (χ4n) is 1.03. The second-order valence-corrected chi connectivity index (χ2v) is 4.66. The number of benzene rings is 1. The molecule has 0 aliphatic rings. The standard InChI is InChI=1S/C10H13N3O2S/c1-2-3-10(12)13-16(14,15)9-6-4-8(11)5-7-9/h2-7H,11H2,1H3,(H2,12,13). The van der Waals surface area contributed by atoms with Gasteiger partial charge in [0.1, 0.15) is 5.84 Å². The Labute approximate surface area is 94.5 Å². The number of amidine groups is 1. The zero-order valence-corrected chi connectivity index (χ0v) is 9.61. The molecule has 0 amide bonds. The summed E-state index contributed by atoms with van der Waals surface area (Å²) in [5.74, 6) is -0.0562. The molecule has 0 saturated heterocycles. The van der Waals surface area contributed by atoms with Crippen LogP contribution in [0.15, 0.2) is 45.7 Å². The van der Waals surface area contributed by atoms with Crippen molar-refractivity contribution in [1.29, 1.82) is 0 Å². The third-order valence-electron chi connectivity index (χ3n) is 1.74. The molecule has 0 radical (unpaired) electrons. The third-order valence-corrected chi connectivity index (χ3v) is 3.06. The Morgan fingerprint density at radius 2 is 1.88 bits per heavy atom. The van der Waals surface area contributed by atoms with E-state index in [0.29, 0.717) is 5.69 Å². The molecular formula is C10H13N3O2S. The summed E-state index contributed by atoms with van der Waals surface area (Å²) in [7, 11) is -3.74. The van der Waals surface area contributed by atoms with E-state index in [2.05, 4.69) is 4.40 Å². The predicted molar refractivity (Wildman–Crippen MR) is 64.5 cm³/mol. The van der Waals surface area contributed by atoms with E-state index in [1.54, 1.807) is 13.0 Å². The van der Waals surface area contributed by atoms with E-state index < -0.39 is 10.0 Å². The highest BCUT2D eigenvalue weighted by Crippen LogP contribution is 2.14. The Kier molecular flexibility index (Phi) is 3.68. The second-order valence-electron chi connectivity index (χ2n) is 3.06. The number of nitrogen functional groups attached to an aromatic ring is 1. The van der Waals surface area contributed by atoms with Crippen molar-refractivity contribution in [3.63, 3.8) is 0 Å². The van der Waals surface area contributed by atoms with Gasteiger partial charge in [-0.05, 0) is 37.3 Å². The van der Waals surface area contributed by atoms with E-state index in [1.165, 1.54) is 30.3 Å². The van der Waals surface area contributed by atoms with Crippen LogP contribution in [0.2, 0.25) is 0 Å². The van der Waals surface area contributed by atoms with Crippen molar-refractivity contribution in [3.8, 4) is 0 Å². The third kappa shape index (κ3) is 3.09. The summed E-state index contributed by atoms with van der Waals surface area (Å²) in [6, 6.07) is 5.76. The molecule has 4 N–H and O–H groups in total. The first kappa shape index (κ1) is 12.3. The largest absolute Gasteiger partial charge is 0.399 e. The first-order valence-corrected chi connectivity index (χ1v) is 5.98. The lowest BCUT2D eigenvalue weighted by Crippen LogP contribution is -2.11. The van der Waals surface area contributed by atoms with Gasteiger partial charge in [-0.3, -0.25) is 0 Å². The average Bonchev–Trinajstić information content (AvgIpc) is 2.17. The van der Waals surface area contributed by atoms with Crippen molar-refractivity contribution < 1.29 is 8.42 Å². The van der Waals surface area contributed by atoms with Crippen molar-refractivity contribution in [2.24, 2.45) is 10.1 Å². The number of rotatable bonds is 3. The van der Waals surface area contributed by atoms with Crippen LogP contribution >= 0.6 is 0 Å². The van der Waals surface area contributed by atoms with E-state index in [1.807, 2.05) is 0 Å². The molecule has 0 aliphatic heterocycles. The molecule has 0 saturated carbocycles. The normalized spacial score (nSPS) is 13.2. The summed E-state index contributed by atoms with van der Waals surface area (Å²) in [5, 5.41) is 0. The lowest BCUT2D eigenvalue weighted by Gasteiger charge is -1.99. The van der Waals surface area contributed by atoms with Gasteiger partial charge >= 0.3 is 0 Å². The smallest absolute Gasteiger partial charge is 0.284 e. The summed E-state index contributed by atoms with van der Waals surface area (Å²) in [6.45, 7) is 1.72. The molecule has 0 aliphatic carbocycles. The van der Waals surface area contributed by atoms with E-state index in [0.717, 1.165) is 0 Å². The highest BCUT2D eigenvalue weighted by molar-refractivity contribution is 7.90. The van der Waals surface area contributed by atoms with E-state index in [-0.39, 0.29) is 10.7 Å². The molecule has 0 spiro atoms. The van der Waals surface area contributed by atoms with Crippen LogP contribution in [0.25, 0.3) is 0 Å². The second kappa shape index (κ2) is 4.80. The lowest BCUT2D eigenvalue weighted by molar-refractivity contribution is 0.598. The number of hydrogen-bond acceptors (Lipinski definition) is 3. The summed E-state index contributed by atoms with van der Waals surface area (Å²) in [5.41, 5.74) is 11.3. The molecule has 1 aromatic carbocycles. The van der Waals surface area contributed by atoms with E-state index in [9.17, 15) is 8.42 Å². The number of sulfonamides is 1. The van der Waals surface area contributed by atoms with Crippen molar-refractivity contribution in [2.45, 2.75) is 11.8 Å². The fourth-order valence-corrected chi connectivity index (χ4v) is 1.96. The Morgan fingerprint density at radius 1 is 1.31 bits per heavy atom. The molecule has 0 fully saturated rings. The van der Waals surface area contributed by atoms with Gasteiger partial charge < -0.3 is 11.5 Å². The minimum Gasteiger partial charge on any atom is -0.399 e. The van der Waals surface area contributed by atoms with E-state index >= 15 is 0 Å². The lowest BCUT2D eigenvalue weighted by atomic mass is 10.3. The average molecular weight is 239 g/mol. The summed E-state index contributed by atoms with van der Waals surface area (Å²) in [4.78, 5) is 0.0640. The van der Waals surface area contributed by atoms with Crippen LogP contribution in [0, 0.1) is 0 Å². The fraction of sp³-hybridized carbons (Fsp3) is 0.100. The first-order valence-electron chi connectivity index (χ1n) is 4.54. The van der Waals surface area contributed by atoms with E-state index in [4.69, 9.17) is 11.5 Å². The van der Waals surface area contributed by atoms with Gasteiger partial charge in [-0.1, -0.05) is 6.08 Å². The minimum absolute atomic E-state index is 0.0562. The van der Waals surface area contributed by atoms with Crippen molar-refractivity contribution in [1.82, 2.24) is 0 Å². The molecule has 0 unspecified atom stereocenters. The quantitative estimate of drug-likeness (QED) is 0.465. The number of allylic oxidation sites excluding steroid dienone is 1. The molecule has 0 bridgehead atoms. The summed E-state index contributed by atoms with van der Waals surface area (Å²) in [6.07, 6.45) is 3.02. The molecule has 0 atom stereocenters. The zero-order chi connectivity index (χ0) is 12.2. The van der Waals surface area contributed by atoms with Crippen molar-refractivity contribution in [2.75, 3.05) is 5.73 Å². The number of nitrogens with two attached hydrogens (primary N) is 2. The molecule has 1 aromatic rings. The van der Waals surface area contributed by atoms with Crippen molar-refractivity contribution >= 4 is 21.5 Å². The van der Waals surface area contributed by atoms with Gasteiger partial charge in [-0.2, -0.15) is 8.42 Å². The van der Waals surface area contributed by atoms with Gasteiger partial charge in [0.15, 0.2) is 0 Å². The molecule has 6 heteroatoms. The number of hydrogen-bond donors (Lipinski definition) is 2. The monoisotopic (exact) mass is 239 g/mol. The number of nitrogens with zero attached hydrogens (tertiary/aromatic N) is 1. The SMILES string of the molecule is CC=CC(N)=NS(=O)(=O)c1ccc(N)cc1. The maximum atomic E-state index is 11.7. The van der Waals surface area contributed by atoms with Gasteiger partial charge in [0, 0.05) is 5.69 Å². The van der Waals surface area contributed by atoms with Gasteiger partial charge in [-0.25, -0.2) is 0 Å². The van der Waals surface area contributed by atoms with Gasteiger partial charge in [0.25, 0.3) is 10.0 Å². The molecule has 0 aromatic heterocycles. The molecule has 86 valence electrons. The van der Waals surface area contributed by atoms with Crippen LogP contribution in [-0.2, 0) is 10.0 Å². The molecule has 0 heterocycles.